The molecular weight excluding hydrogens is 456 g/mol. The maximum atomic E-state index is 12.5. The number of nitrogens with one attached hydrogen (secondary N) is 1. The zero-order valence-electron chi connectivity index (χ0n) is 17.0. The fourth-order valence-corrected chi connectivity index (χ4v) is 3.02. The Labute approximate surface area is 190 Å². The molecule has 6 heteroatoms. The van der Waals surface area contributed by atoms with Gasteiger partial charge < -0.3 is 14.8 Å². The van der Waals surface area contributed by atoms with Crippen molar-refractivity contribution in [2.24, 2.45) is 0 Å². The van der Waals surface area contributed by atoms with E-state index in [0.29, 0.717) is 30.4 Å². The number of rotatable bonds is 8. The van der Waals surface area contributed by atoms with Crippen LogP contribution in [-0.2, 0) is 11.4 Å². The van der Waals surface area contributed by atoms with E-state index in [1.165, 1.54) is 0 Å². The predicted molar refractivity (Wildman–Crippen MR) is 125 cm³/mol. The maximum Gasteiger partial charge on any atom is 0.266 e. The van der Waals surface area contributed by atoms with Gasteiger partial charge in [-0.05, 0) is 60.5 Å². The average Bonchev–Trinajstić information content (AvgIpc) is 2.78. The van der Waals surface area contributed by atoms with E-state index >= 15 is 0 Å². The molecule has 0 unspecified atom stereocenters. The van der Waals surface area contributed by atoms with Crippen LogP contribution in [0.5, 0.6) is 11.5 Å². The molecule has 3 aromatic carbocycles. The van der Waals surface area contributed by atoms with Crippen molar-refractivity contribution in [2.75, 3.05) is 11.9 Å². The van der Waals surface area contributed by atoms with Crippen LogP contribution in [0.25, 0.3) is 6.08 Å². The number of carbonyl (C=O) groups excluding carboxylic acids is 1. The smallest absolute Gasteiger partial charge is 0.266 e. The number of nitriles is 1. The minimum absolute atomic E-state index is 0.00495. The van der Waals surface area contributed by atoms with E-state index in [9.17, 15) is 10.1 Å². The standard InChI is InChI=1S/C25H21BrN2O3/c1-2-30-24-5-3-4-22(15-24)28-25(29)20(16-27)14-18-8-12-23(13-9-18)31-17-19-6-10-21(26)11-7-19/h3-15H,2,17H2,1H3,(H,28,29)/b20-14-. The summed E-state index contributed by atoms with van der Waals surface area (Å²) in [5, 5.41) is 12.2. The molecule has 3 aromatic rings. The maximum absolute atomic E-state index is 12.5. The summed E-state index contributed by atoms with van der Waals surface area (Å²) < 4.78 is 12.2. The van der Waals surface area contributed by atoms with Crippen LogP contribution < -0.4 is 14.8 Å². The molecule has 31 heavy (non-hydrogen) atoms. The number of hydrogen-bond acceptors (Lipinski definition) is 4. The Kier molecular flexibility index (Phi) is 7.85. The first-order chi connectivity index (χ1) is 15.1. The van der Waals surface area contributed by atoms with Crippen LogP contribution >= 0.6 is 15.9 Å². The van der Waals surface area contributed by atoms with E-state index in [-0.39, 0.29) is 5.57 Å². The van der Waals surface area contributed by atoms with Gasteiger partial charge in [-0.3, -0.25) is 4.79 Å². The van der Waals surface area contributed by atoms with Crippen LogP contribution in [-0.4, -0.2) is 12.5 Å². The Morgan fingerprint density at radius 2 is 1.77 bits per heavy atom. The topological polar surface area (TPSA) is 71.3 Å². The zero-order valence-corrected chi connectivity index (χ0v) is 18.6. The molecule has 0 saturated heterocycles. The number of nitrogens with zero attached hydrogens (tertiary/aromatic N) is 1. The number of ether oxygens (including phenoxy) is 2. The summed E-state index contributed by atoms with van der Waals surface area (Å²) in [6, 6.07) is 24.1. The summed E-state index contributed by atoms with van der Waals surface area (Å²) in [5.74, 6) is 0.879. The highest BCUT2D eigenvalue weighted by molar-refractivity contribution is 9.10. The van der Waals surface area contributed by atoms with Gasteiger partial charge in [-0.15, -0.1) is 0 Å². The number of halogens is 1. The van der Waals surface area contributed by atoms with Gasteiger partial charge in [0.1, 0.15) is 29.7 Å². The highest BCUT2D eigenvalue weighted by atomic mass is 79.9. The van der Waals surface area contributed by atoms with Crippen molar-refractivity contribution in [3.05, 3.63) is 94.0 Å². The predicted octanol–water partition coefficient (Wildman–Crippen LogP) is 5.97. The molecule has 0 radical (unpaired) electrons. The van der Waals surface area contributed by atoms with E-state index in [0.717, 1.165) is 15.6 Å². The molecule has 0 aliphatic carbocycles. The molecule has 1 N–H and O–H groups in total. The summed E-state index contributed by atoms with van der Waals surface area (Å²) in [6.45, 7) is 2.87. The van der Waals surface area contributed by atoms with Crippen molar-refractivity contribution >= 4 is 33.6 Å². The Morgan fingerprint density at radius 1 is 1.03 bits per heavy atom. The molecule has 5 nitrogen and oxygen atoms in total. The van der Waals surface area contributed by atoms with Gasteiger partial charge in [-0.2, -0.15) is 5.26 Å². The van der Waals surface area contributed by atoms with Crippen LogP contribution in [0.3, 0.4) is 0 Å². The summed E-state index contributed by atoms with van der Waals surface area (Å²) >= 11 is 3.41. The molecule has 1 amide bonds. The van der Waals surface area contributed by atoms with E-state index < -0.39 is 5.91 Å². The lowest BCUT2D eigenvalue weighted by Gasteiger charge is -2.08. The number of benzene rings is 3. The second-order valence-electron chi connectivity index (χ2n) is 6.57. The van der Waals surface area contributed by atoms with E-state index in [1.54, 1.807) is 42.5 Å². The quantitative estimate of drug-likeness (QED) is 0.321. The normalized spacial score (nSPS) is 10.8. The van der Waals surface area contributed by atoms with Gasteiger partial charge in [0.2, 0.25) is 0 Å². The third kappa shape index (κ3) is 6.73. The second-order valence-corrected chi connectivity index (χ2v) is 7.48. The Hall–Kier alpha value is -3.56. The van der Waals surface area contributed by atoms with Crippen molar-refractivity contribution in [1.29, 1.82) is 5.26 Å². The largest absolute Gasteiger partial charge is 0.494 e. The summed E-state index contributed by atoms with van der Waals surface area (Å²) in [4.78, 5) is 12.5. The molecule has 0 fully saturated rings. The van der Waals surface area contributed by atoms with Gasteiger partial charge in [-0.25, -0.2) is 0 Å². The first kappa shape index (κ1) is 22.1. The lowest BCUT2D eigenvalue weighted by atomic mass is 10.1. The van der Waals surface area contributed by atoms with Gasteiger partial charge in [0.05, 0.1) is 6.61 Å². The van der Waals surface area contributed by atoms with Crippen molar-refractivity contribution in [3.8, 4) is 17.6 Å². The molecule has 0 heterocycles. The lowest BCUT2D eigenvalue weighted by molar-refractivity contribution is -0.112. The molecule has 0 bridgehead atoms. The van der Waals surface area contributed by atoms with Crippen LogP contribution in [0.4, 0.5) is 5.69 Å². The number of hydrogen-bond donors (Lipinski definition) is 1. The van der Waals surface area contributed by atoms with E-state index in [1.807, 2.05) is 49.4 Å². The monoisotopic (exact) mass is 476 g/mol. The molecule has 0 aromatic heterocycles. The fraction of sp³-hybridized carbons (Fsp3) is 0.120. The Morgan fingerprint density at radius 3 is 2.45 bits per heavy atom. The average molecular weight is 477 g/mol. The first-order valence-corrected chi connectivity index (χ1v) is 10.5. The van der Waals surface area contributed by atoms with Crippen molar-refractivity contribution in [3.63, 3.8) is 0 Å². The summed E-state index contributed by atoms with van der Waals surface area (Å²) in [5.41, 5.74) is 2.36. The second kappa shape index (κ2) is 11.0. The molecule has 156 valence electrons. The highest BCUT2D eigenvalue weighted by Crippen LogP contribution is 2.20. The fourth-order valence-electron chi connectivity index (χ4n) is 2.75. The van der Waals surface area contributed by atoms with Crippen molar-refractivity contribution in [1.82, 2.24) is 0 Å². The minimum Gasteiger partial charge on any atom is -0.494 e. The van der Waals surface area contributed by atoms with Gasteiger partial charge in [0.25, 0.3) is 5.91 Å². The molecule has 0 saturated carbocycles. The third-order valence-electron chi connectivity index (χ3n) is 4.28. The SMILES string of the molecule is CCOc1cccc(NC(=O)/C(C#N)=C\c2ccc(OCc3ccc(Br)cc3)cc2)c1. The molecule has 0 spiro atoms. The van der Waals surface area contributed by atoms with E-state index in [4.69, 9.17) is 9.47 Å². The molecular formula is C25H21BrN2O3. The summed E-state index contributed by atoms with van der Waals surface area (Å²) in [7, 11) is 0. The van der Waals surface area contributed by atoms with Crippen molar-refractivity contribution in [2.45, 2.75) is 13.5 Å². The lowest BCUT2D eigenvalue weighted by Crippen LogP contribution is -2.13. The Bertz CT molecular complexity index is 1100. The van der Waals surface area contributed by atoms with Crippen LogP contribution in [0.15, 0.2) is 82.8 Å². The number of anilines is 1. The molecule has 3 rings (SSSR count). The first-order valence-electron chi connectivity index (χ1n) is 9.70. The van der Waals surface area contributed by atoms with Gasteiger partial charge in [-0.1, -0.05) is 46.3 Å². The zero-order chi connectivity index (χ0) is 22.1. The number of amides is 1. The molecule has 0 aliphatic heterocycles. The van der Waals surface area contributed by atoms with Crippen LogP contribution in [0.2, 0.25) is 0 Å². The minimum atomic E-state index is -0.480. The van der Waals surface area contributed by atoms with E-state index in [2.05, 4.69) is 21.2 Å². The van der Waals surface area contributed by atoms with Gasteiger partial charge in [0, 0.05) is 16.2 Å². The van der Waals surface area contributed by atoms with Crippen LogP contribution in [0, 0.1) is 11.3 Å². The van der Waals surface area contributed by atoms with Gasteiger partial charge >= 0.3 is 0 Å². The van der Waals surface area contributed by atoms with Crippen LogP contribution in [0.1, 0.15) is 18.1 Å². The third-order valence-corrected chi connectivity index (χ3v) is 4.81. The Balaban J connectivity index is 1.63. The van der Waals surface area contributed by atoms with Crippen molar-refractivity contribution < 1.29 is 14.3 Å². The molecule has 0 aliphatic rings. The summed E-state index contributed by atoms with van der Waals surface area (Å²) in [6.07, 6.45) is 1.54. The molecule has 0 atom stereocenters. The number of carbonyl (C=O) groups is 1. The van der Waals surface area contributed by atoms with Gasteiger partial charge in [0.15, 0.2) is 0 Å². The highest BCUT2D eigenvalue weighted by Gasteiger charge is 2.10.